The predicted octanol–water partition coefficient (Wildman–Crippen LogP) is 8.64. The summed E-state index contributed by atoms with van der Waals surface area (Å²) in [4.78, 5) is 0. The van der Waals surface area contributed by atoms with E-state index in [4.69, 9.17) is 0 Å². The van der Waals surface area contributed by atoms with Crippen LogP contribution in [0.4, 0.5) is 0 Å². The Hall–Kier alpha value is -0.0400. The fraction of sp³-hybridized carbons (Fsp3) is 1.00. The number of rotatable bonds is 10. The molecule has 1 heteroatoms. The monoisotopic (exact) mass is 418 g/mol. The minimum Gasteiger partial charge on any atom is -0.396 e. The Balaban J connectivity index is 1.47. The molecule has 1 nitrogen and oxygen atoms in total. The van der Waals surface area contributed by atoms with E-state index in [9.17, 15) is 5.11 Å². The second-order valence-electron chi connectivity index (χ2n) is 11.7. The molecule has 6 atom stereocenters. The Morgan fingerprint density at radius 2 is 1.20 bits per heavy atom. The highest BCUT2D eigenvalue weighted by Gasteiger charge is 2.41. The van der Waals surface area contributed by atoms with Gasteiger partial charge in [0.2, 0.25) is 0 Å². The molecule has 6 unspecified atom stereocenters. The molecule has 1 N–H and O–H groups in total. The van der Waals surface area contributed by atoms with Gasteiger partial charge in [-0.05, 0) is 98.7 Å². The molecule has 0 aromatic carbocycles. The molecule has 0 spiro atoms. The number of hydrogen-bond donors (Lipinski definition) is 1. The van der Waals surface area contributed by atoms with Gasteiger partial charge in [-0.25, -0.2) is 0 Å². The summed E-state index contributed by atoms with van der Waals surface area (Å²) in [6, 6.07) is 0. The van der Waals surface area contributed by atoms with E-state index in [2.05, 4.69) is 20.8 Å². The van der Waals surface area contributed by atoms with E-state index >= 15 is 0 Å². The SMILES string of the molecule is CCCCCCC1CCC(C2CCC(C3CCC(CO)CC3CC)CC2CC)CC1. The summed E-state index contributed by atoms with van der Waals surface area (Å²) in [7, 11) is 0. The van der Waals surface area contributed by atoms with Crippen molar-refractivity contribution in [2.24, 2.45) is 47.3 Å². The highest BCUT2D eigenvalue weighted by atomic mass is 16.3. The van der Waals surface area contributed by atoms with Gasteiger partial charge in [0.1, 0.15) is 0 Å². The molecule has 3 saturated carbocycles. The van der Waals surface area contributed by atoms with Crippen LogP contribution < -0.4 is 0 Å². The molecule has 30 heavy (non-hydrogen) atoms. The van der Waals surface area contributed by atoms with Gasteiger partial charge >= 0.3 is 0 Å². The number of unbranched alkanes of at least 4 members (excludes halogenated alkanes) is 3. The molecule has 176 valence electrons. The maximum absolute atomic E-state index is 9.65. The molecule has 3 fully saturated rings. The minimum atomic E-state index is 0.425. The Bertz CT molecular complexity index is 451. The lowest BCUT2D eigenvalue weighted by Crippen LogP contribution is -2.38. The third-order valence-corrected chi connectivity index (χ3v) is 10.1. The summed E-state index contributed by atoms with van der Waals surface area (Å²) in [5.41, 5.74) is 0. The predicted molar refractivity (Wildman–Crippen MR) is 131 cm³/mol. The maximum Gasteiger partial charge on any atom is 0.0459 e. The van der Waals surface area contributed by atoms with Crippen molar-refractivity contribution in [3.63, 3.8) is 0 Å². The minimum absolute atomic E-state index is 0.425. The van der Waals surface area contributed by atoms with Gasteiger partial charge in [0.05, 0.1) is 0 Å². The van der Waals surface area contributed by atoms with Crippen LogP contribution in [0.25, 0.3) is 0 Å². The molecule has 0 saturated heterocycles. The van der Waals surface area contributed by atoms with Crippen molar-refractivity contribution in [2.45, 2.75) is 130 Å². The summed E-state index contributed by atoms with van der Waals surface area (Å²) in [5, 5.41) is 9.65. The van der Waals surface area contributed by atoms with E-state index < -0.39 is 0 Å². The lowest BCUT2D eigenvalue weighted by Gasteiger charge is -2.47. The highest BCUT2D eigenvalue weighted by Crippen LogP contribution is 2.51. The summed E-state index contributed by atoms with van der Waals surface area (Å²) in [5.74, 6) is 7.60. The van der Waals surface area contributed by atoms with Crippen LogP contribution in [0.1, 0.15) is 130 Å². The van der Waals surface area contributed by atoms with E-state index in [-0.39, 0.29) is 0 Å². The third kappa shape index (κ3) is 6.49. The van der Waals surface area contributed by atoms with Crippen molar-refractivity contribution in [1.29, 1.82) is 0 Å². The summed E-state index contributed by atoms with van der Waals surface area (Å²) in [6.07, 6.45) is 24.8. The van der Waals surface area contributed by atoms with Gasteiger partial charge in [-0.3, -0.25) is 0 Å². The van der Waals surface area contributed by atoms with E-state index in [1.165, 1.54) is 96.3 Å². The van der Waals surface area contributed by atoms with Crippen molar-refractivity contribution >= 4 is 0 Å². The Morgan fingerprint density at radius 3 is 1.87 bits per heavy atom. The van der Waals surface area contributed by atoms with Crippen LogP contribution >= 0.6 is 0 Å². The molecule has 0 aromatic rings. The van der Waals surface area contributed by atoms with Gasteiger partial charge < -0.3 is 5.11 Å². The van der Waals surface area contributed by atoms with Gasteiger partial charge in [-0.2, -0.15) is 0 Å². The van der Waals surface area contributed by atoms with E-state index in [1.54, 1.807) is 12.8 Å². The van der Waals surface area contributed by atoms with Gasteiger partial charge in [-0.15, -0.1) is 0 Å². The molecular formula is C29H54O. The molecule has 0 aliphatic heterocycles. The van der Waals surface area contributed by atoms with Crippen LogP contribution in [-0.4, -0.2) is 11.7 Å². The van der Waals surface area contributed by atoms with Crippen LogP contribution in [0.5, 0.6) is 0 Å². The maximum atomic E-state index is 9.65. The molecule has 3 rings (SSSR count). The molecule has 0 bridgehead atoms. The van der Waals surface area contributed by atoms with Crippen molar-refractivity contribution in [2.75, 3.05) is 6.61 Å². The molecule has 3 aliphatic rings. The van der Waals surface area contributed by atoms with Crippen LogP contribution in [0.2, 0.25) is 0 Å². The molecule has 0 heterocycles. The molecule has 3 aliphatic carbocycles. The normalized spacial score (nSPS) is 40.4. The summed E-state index contributed by atoms with van der Waals surface area (Å²) < 4.78 is 0. The van der Waals surface area contributed by atoms with E-state index in [0.717, 1.165) is 41.4 Å². The second-order valence-corrected chi connectivity index (χ2v) is 11.7. The van der Waals surface area contributed by atoms with Crippen molar-refractivity contribution in [3.8, 4) is 0 Å². The van der Waals surface area contributed by atoms with Gasteiger partial charge in [0, 0.05) is 6.61 Å². The number of hydrogen-bond acceptors (Lipinski definition) is 1. The molecule has 0 aromatic heterocycles. The smallest absolute Gasteiger partial charge is 0.0459 e. The fourth-order valence-electron chi connectivity index (χ4n) is 8.21. The number of aliphatic hydroxyl groups excluding tert-OH is 1. The van der Waals surface area contributed by atoms with E-state index in [0.29, 0.717) is 12.5 Å². The lowest BCUT2D eigenvalue weighted by molar-refractivity contribution is 0.0227. The van der Waals surface area contributed by atoms with E-state index in [1.807, 2.05) is 0 Å². The van der Waals surface area contributed by atoms with Gasteiger partial charge in [-0.1, -0.05) is 78.6 Å². The van der Waals surface area contributed by atoms with Crippen molar-refractivity contribution < 1.29 is 5.11 Å². The summed E-state index contributed by atoms with van der Waals surface area (Å²) >= 11 is 0. The Labute approximate surface area is 189 Å². The zero-order valence-electron chi connectivity index (χ0n) is 20.8. The zero-order valence-corrected chi connectivity index (χ0v) is 20.8. The average molecular weight is 419 g/mol. The quantitative estimate of drug-likeness (QED) is 0.352. The van der Waals surface area contributed by atoms with Crippen molar-refractivity contribution in [3.05, 3.63) is 0 Å². The van der Waals surface area contributed by atoms with Crippen LogP contribution in [0.15, 0.2) is 0 Å². The fourth-order valence-corrected chi connectivity index (χ4v) is 8.21. The van der Waals surface area contributed by atoms with Crippen LogP contribution in [0, 0.1) is 47.3 Å². The molecule has 0 amide bonds. The topological polar surface area (TPSA) is 20.2 Å². The molecular weight excluding hydrogens is 364 g/mol. The first-order valence-corrected chi connectivity index (χ1v) is 14.3. The second kappa shape index (κ2) is 12.9. The number of aliphatic hydroxyl groups is 1. The lowest BCUT2D eigenvalue weighted by atomic mass is 9.58. The first-order valence-electron chi connectivity index (χ1n) is 14.3. The average Bonchev–Trinajstić information content (AvgIpc) is 2.81. The standard InChI is InChI=1S/C29H54O/c1-4-7-8-9-10-22-11-14-26(15-12-22)28-18-16-27(20-25(28)6-3)29-17-13-23(21-30)19-24(29)5-2/h22-30H,4-21H2,1-3H3. The highest BCUT2D eigenvalue weighted by molar-refractivity contribution is 4.91. The van der Waals surface area contributed by atoms with Gasteiger partial charge in [0.25, 0.3) is 0 Å². The first kappa shape index (κ1) is 24.6. The first-order chi connectivity index (χ1) is 14.7. The Kier molecular flexibility index (Phi) is 10.5. The molecule has 0 radical (unpaired) electrons. The summed E-state index contributed by atoms with van der Waals surface area (Å²) in [6.45, 7) is 7.64. The zero-order chi connectivity index (χ0) is 21.3. The van der Waals surface area contributed by atoms with Gasteiger partial charge in [0.15, 0.2) is 0 Å². The van der Waals surface area contributed by atoms with Crippen LogP contribution in [-0.2, 0) is 0 Å². The third-order valence-electron chi connectivity index (χ3n) is 10.1. The van der Waals surface area contributed by atoms with Crippen molar-refractivity contribution in [1.82, 2.24) is 0 Å². The largest absolute Gasteiger partial charge is 0.396 e. The Morgan fingerprint density at radius 1 is 0.600 bits per heavy atom. The van der Waals surface area contributed by atoms with Crippen LogP contribution in [0.3, 0.4) is 0 Å².